The van der Waals surface area contributed by atoms with Crippen molar-refractivity contribution in [2.24, 2.45) is 7.05 Å². The van der Waals surface area contributed by atoms with Crippen LogP contribution < -0.4 is 5.32 Å². The minimum Gasteiger partial charge on any atom is -0.361 e. The molecule has 0 saturated carbocycles. The van der Waals surface area contributed by atoms with Gasteiger partial charge in [-0.1, -0.05) is 23.4 Å². The topological polar surface area (TPSA) is 43.0 Å². The second kappa shape index (κ2) is 4.90. The molecule has 0 fully saturated rings. The molecule has 0 saturated heterocycles. The summed E-state index contributed by atoms with van der Waals surface area (Å²) in [5.41, 5.74) is 3.51. The third-order valence-corrected chi connectivity index (χ3v) is 3.28. The molecule has 3 rings (SSSR count). The SMILES string of the molecule is Cc1cc(CNCc2cn(C)c3ccccc23)no1. The van der Waals surface area contributed by atoms with Crippen LogP contribution in [0.3, 0.4) is 0 Å². The lowest BCUT2D eigenvalue weighted by molar-refractivity contribution is 0.388. The van der Waals surface area contributed by atoms with Gasteiger partial charge in [-0.3, -0.25) is 0 Å². The van der Waals surface area contributed by atoms with E-state index in [2.05, 4.69) is 52.6 Å². The Kier molecular flexibility index (Phi) is 3.09. The monoisotopic (exact) mass is 255 g/mol. The number of aryl methyl sites for hydroxylation is 2. The van der Waals surface area contributed by atoms with Crippen molar-refractivity contribution < 1.29 is 4.52 Å². The fourth-order valence-corrected chi connectivity index (χ4v) is 2.39. The Morgan fingerprint density at radius 1 is 1.26 bits per heavy atom. The predicted octanol–water partition coefficient (Wildman–Crippen LogP) is 2.76. The molecule has 0 aliphatic heterocycles. The van der Waals surface area contributed by atoms with Gasteiger partial charge in [0.2, 0.25) is 0 Å². The summed E-state index contributed by atoms with van der Waals surface area (Å²) in [4.78, 5) is 0. The number of para-hydroxylation sites is 1. The van der Waals surface area contributed by atoms with Crippen LogP contribution in [-0.2, 0) is 20.1 Å². The molecule has 4 nitrogen and oxygen atoms in total. The van der Waals surface area contributed by atoms with Crippen LogP contribution >= 0.6 is 0 Å². The lowest BCUT2D eigenvalue weighted by Gasteiger charge is -2.00. The van der Waals surface area contributed by atoms with Crippen LogP contribution in [0, 0.1) is 6.92 Å². The van der Waals surface area contributed by atoms with Gasteiger partial charge in [0.15, 0.2) is 0 Å². The summed E-state index contributed by atoms with van der Waals surface area (Å²) in [7, 11) is 2.08. The van der Waals surface area contributed by atoms with E-state index >= 15 is 0 Å². The lowest BCUT2D eigenvalue weighted by atomic mass is 10.2. The largest absolute Gasteiger partial charge is 0.361 e. The van der Waals surface area contributed by atoms with Crippen molar-refractivity contribution in [2.75, 3.05) is 0 Å². The van der Waals surface area contributed by atoms with Crippen molar-refractivity contribution in [2.45, 2.75) is 20.0 Å². The van der Waals surface area contributed by atoms with Crippen LogP contribution in [-0.4, -0.2) is 9.72 Å². The summed E-state index contributed by atoms with van der Waals surface area (Å²) in [6.45, 7) is 3.45. The van der Waals surface area contributed by atoms with E-state index in [0.29, 0.717) is 0 Å². The molecule has 0 aliphatic rings. The zero-order valence-corrected chi connectivity index (χ0v) is 11.2. The van der Waals surface area contributed by atoms with Crippen LogP contribution in [0.5, 0.6) is 0 Å². The fourth-order valence-electron chi connectivity index (χ4n) is 2.39. The molecule has 0 atom stereocenters. The molecular weight excluding hydrogens is 238 g/mol. The average molecular weight is 255 g/mol. The highest BCUT2D eigenvalue weighted by Crippen LogP contribution is 2.20. The van der Waals surface area contributed by atoms with Crippen LogP contribution in [0.25, 0.3) is 10.9 Å². The summed E-state index contributed by atoms with van der Waals surface area (Å²) in [5, 5.41) is 8.67. The Labute approximate surface area is 112 Å². The smallest absolute Gasteiger partial charge is 0.133 e. The number of aromatic nitrogens is 2. The molecule has 0 spiro atoms. The highest BCUT2D eigenvalue weighted by Gasteiger charge is 2.06. The molecule has 0 amide bonds. The van der Waals surface area contributed by atoms with Gasteiger partial charge in [0.25, 0.3) is 0 Å². The highest BCUT2D eigenvalue weighted by molar-refractivity contribution is 5.83. The van der Waals surface area contributed by atoms with Gasteiger partial charge in [-0.2, -0.15) is 0 Å². The van der Waals surface area contributed by atoms with E-state index in [1.165, 1.54) is 16.5 Å². The number of rotatable bonds is 4. The van der Waals surface area contributed by atoms with Gasteiger partial charge >= 0.3 is 0 Å². The average Bonchev–Trinajstić information content (AvgIpc) is 2.96. The van der Waals surface area contributed by atoms with Crippen LogP contribution in [0.1, 0.15) is 17.0 Å². The molecule has 1 aromatic carbocycles. The number of nitrogens with zero attached hydrogens (tertiary/aromatic N) is 2. The highest BCUT2D eigenvalue weighted by atomic mass is 16.5. The van der Waals surface area contributed by atoms with E-state index in [0.717, 1.165) is 24.5 Å². The molecule has 19 heavy (non-hydrogen) atoms. The van der Waals surface area contributed by atoms with Gasteiger partial charge in [-0.15, -0.1) is 0 Å². The Bertz CT molecular complexity index is 696. The molecule has 0 aliphatic carbocycles. The number of nitrogens with one attached hydrogen (secondary N) is 1. The summed E-state index contributed by atoms with van der Waals surface area (Å²) in [5.74, 6) is 0.849. The van der Waals surface area contributed by atoms with Crippen molar-refractivity contribution >= 4 is 10.9 Å². The Morgan fingerprint density at radius 3 is 2.89 bits per heavy atom. The molecule has 2 aromatic heterocycles. The Morgan fingerprint density at radius 2 is 2.11 bits per heavy atom. The normalized spacial score (nSPS) is 11.3. The maximum absolute atomic E-state index is 5.05. The minimum atomic E-state index is 0.723. The van der Waals surface area contributed by atoms with E-state index in [-0.39, 0.29) is 0 Å². The van der Waals surface area contributed by atoms with E-state index in [4.69, 9.17) is 4.52 Å². The maximum atomic E-state index is 5.05. The van der Waals surface area contributed by atoms with Crippen molar-refractivity contribution in [1.82, 2.24) is 15.0 Å². The van der Waals surface area contributed by atoms with E-state index in [1.54, 1.807) is 0 Å². The van der Waals surface area contributed by atoms with Crippen molar-refractivity contribution in [3.63, 3.8) is 0 Å². The van der Waals surface area contributed by atoms with Gasteiger partial charge in [0, 0.05) is 43.3 Å². The molecule has 3 aromatic rings. The first-order valence-electron chi connectivity index (χ1n) is 6.40. The number of fused-ring (bicyclic) bond motifs is 1. The van der Waals surface area contributed by atoms with Crippen LogP contribution in [0.15, 0.2) is 41.1 Å². The van der Waals surface area contributed by atoms with Gasteiger partial charge < -0.3 is 14.4 Å². The predicted molar refractivity (Wildman–Crippen MR) is 74.7 cm³/mol. The zero-order chi connectivity index (χ0) is 13.2. The first kappa shape index (κ1) is 12.0. The molecular formula is C15H17N3O. The molecule has 1 N–H and O–H groups in total. The van der Waals surface area contributed by atoms with E-state index in [9.17, 15) is 0 Å². The fraction of sp³-hybridized carbons (Fsp3) is 0.267. The van der Waals surface area contributed by atoms with Crippen molar-refractivity contribution in [3.05, 3.63) is 53.5 Å². The number of hydrogen-bond donors (Lipinski definition) is 1. The maximum Gasteiger partial charge on any atom is 0.133 e. The molecule has 0 unspecified atom stereocenters. The van der Waals surface area contributed by atoms with E-state index in [1.807, 2.05) is 13.0 Å². The molecule has 4 heteroatoms. The number of benzene rings is 1. The molecule has 0 radical (unpaired) electrons. The van der Waals surface area contributed by atoms with E-state index < -0.39 is 0 Å². The molecule has 2 heterocycles. The lowest BCUT2D eigenvalue weighted by Crippen LogP contribution is -2.12. The quantitative estimate of drug-likeness (QED) is 0.779. The zero-order valence-electron chi connectivity index (χ0n) is 11.2. The van der Waals surface area contributed by atoms with Gasteiger partial charge in [0.05, 0.1) is 5.69 Å². The minimum absolute atomic E-state index is 0.723. The molecule has 0 bridgehead atoms. The summed E-state index contributed by atoms with van der Waals surface area (Å²) in [6.07, 6.45) is 2.17. The number of hydrogen-bond acceptors (Lipinski definition) is 3. The third kappa shape index (κ3) is 2.39. The Hall–Kier alpha value is -2.07. The standard InChI is InChI=1S/C15H17N3O/c1-11-7-13(17-19-11)9-16-8-12-10-18(2)15-6-4-3-5-14(12)15/h3-7,10,16H,8-9H2,1-2H3. The van der Waals surface area contributed by atoms with Crippen LogP contribution in [0.2, 0.25) is 0 Å². The van der Waals surface area contributed by atoms with Gasteiger partial charge in [0.1, 0.15) is 5.76 Å². The van der Waals surface area contributed by atoms with Crippen molar-refractivity contribution in [1.29, 1.82) is 0 Å². The first-order valence-corrected chi connectivity index (χ1v) is 6.40. The summed E-state index contributed by atoms with van der Waals surface area (Å²) < 4.78 is 7.21. The summed E-state index contributed by atoms with van der Waals surface area (Å²) >= 11 is 0. The van der Waals surface area contributed by atoms with Crippen molar-refractivity contribution in [3.8, 4) is 0 Å². The Balaban J connectivity index is 1.72. The molecule has 98 valence electrons. The second-order valence-electron chi connectivity index (χ2n) is 4.81. The van der Waals surface area contributed by atoms with Gasteiger partial charge in [-0.25, -0.2) is 0 Å². The summed E-state index contributed by atoms with van der Waals surface area (Å²) in [6, 6.07) is 10.4. The second-order valence-corrected chi connectivity index (χ2v) is 4.81. The first-order chi connectivity index (χ1) is 9.24. The third-order valence-electron chi connectivity index (χ3n) is 3.28. The van der Waals surface area contributed by atoms with Crippen LogP contribution in [0.4, 0.5) is 0 Å². The van der Waals surface area contributed by atoms with Gasteiger partial charge in [-0.05, 0) is 18.6 Å².